The average Bonchev–Trinajstić information content (AvgIpc) is 3.41. The highest BCUT2D eigenvalue weighted by Gasteiger charge is 2.53. The maximum absolute atomic E-state index is 13.1. The zero-order valence-electron chi connectivity index (χ0n) is 23.7. The van der Waals surface area contributed by atoms with Crippen molar-refractivity contribution < 1.29 is 38.3 Å². The van der Waals surface area contributed by atoms with Gasteiger partial charge in [0.25, 0.3) is 11.8 Å². The molecule has 3 amide bonds. The van der Waals surface area contributed by atoms with E-state index in [0.29, 0.717) is 25.1 Å². The van der Waals surface area contributed by atoms with E-state index in [9.17, 15) is 24.0 Å². The fourth-order valence-electron chi connectivity index (χ4n) is 3.74. The van der Waals surface area contributed by atoms with Gasteiger partial charge in [0.05, 0.1) is 11.5 Å². The highest BCUT2D eigenvalue weighted by atomic mass is 32.2. The first kappa shape index (κ1) is 33.0. The number of thioether (sulfide) groups is 1. The Morgan fingerprint density at radius 3 is 2.64 bits per heavy atom. The molecule has 1 aromatic heterocycles. The van der Waals surface area contributed by atoms with Crippen LogP contribution >= 0.6 is 23.1 Å². The Labute approximate surface area is 250 Å². The van der Waals surface area contributed by atoms with Crippen LogP contribution in [-0.4, -0.2) is 88.9 Å². The fourth-order valence-corrected chi connectivity index (χ4v) is 5.63. The highest BCUT2D eigenvalue weighted by molar-refractivity contribution is 8.00. The molecule has 0 aromatic carbocycles. The minimum Gasteiger partial charge on any atom is -0.427 e. The Morgan fingerprint density at radius 1 is 1.24 bits per heavy atom. The van der Waals surface area contributed by atoms with Crippen molar-refractivity contribution in [1.29, 1.82) is 0 Å². The third kappa shape index (κ3) is 8.05. The quantitative estimate of drug-likeness (QED) is 0.0580. The van der Waals surface area contributed by atoms with Gasteiger partial charge in [0.15, 0.2) is 10.8 Å². The number of thiazole rings is 1. The van der Waals surface area contributed by atoms with E-state index in [0.717, 1.165) is 17.8 Å². The molecule has 15 nitrogen and oxygen atoms in total. The predicted molar refractivity (Wildman–Crippen MR) is 155 cm³/mol. The Kier molecular flexibility index (Phi) is 11.4. The minimum atomic E-state index is -0.968. The maximum Gasteiger partial charge on any atom is 0.357 e. The number of nitrogens with two attached hydrogens (primary N) is 2. The molecule has 6 N–H and O–H groups in total. The number of aromatic nitrogens is 1. The molecule has 0 spiro atoms. The van der Waals surface area contributed by atoms with Crippen molar-refractivity contribution in [3.8, 4) is 0 Å². The number of oxime groups is 1. The number of esters is 2. The van der Waals surface area contributed by atoms with Gasteiger partial charge in [-0.1, -0.05) is 11.6 Å². The van der Waals surface area contributed by atoms with Crippen molar-refractivity contribution in [1.82, 2.24) is 15.2 Å². The average molecular weight is 626 g/mol. The van der Waals surface area contributed by atoms with Crippen LogP contribution in [0.2, 0.25) is 0 Å². The lowest BCUT2D eigenvalue weighted by Gasteiger charge is -2.48. The van der Waals surface area contributed by atoms with E-state index in [1.807, 2.05) is 0 Å². The van der Waals surface area contributed by atoms with Crippen LogP contribution in [0.5, 0.6) is 0 Å². The lowest BCUT2D eigenvalue weighted by atomic mass is 9.98. The van der Waals surface area contributed by atoms with Gasteiger partial charge in [-0.05, 0) is 46.2 Å². The first-order valence-electron chi connectivity index (χ1n) is 13.0. The molecule has 1 saturated heterocycles. The van der Waals surface area contributed by atoms with Crippen LogP contribution in [0.4, 0.5) is 5.13 Å². The second-order valence-corrected chi connectivity index (χ2v) is 12.3. The number of nitrogens with one attached hydrogen (secondary N) is 2. The summed E-state index contributed by atoms with van der Waals surface area (Å²) in [5.74, 6) is -2.72. The molecular formula is C25H35N7O8S2. The molecule has 0 bridgehead atoms. The van der Waals surface area contributed by atoms with Crippen molar-refractivity contribution in [3.63, 3.8) is 0 Å². The van der Waals surface area contributed by atoms with E-state index in [4.69, 9.17) is 25.8 Å². The van der Waals surface area contributed by atoms with Crippen molar-refractivity contribution in [3.05, 3.63) is 22.8 Å². The summed E-state index contributed by atoms with van der Waals surface area (Å²) in [7, 11) is 1.25. The van der Waals surface area contributed by atoms with Gasteiger partial charge in [-0.15, -0.1) is 23.1 Å². The summed E-state index contributed by atoms with van der Waals surface area (Å²) in [4.78, 5) is 73.2. The van der Waals surface area contributed by atoms with Gasteiger partial charge < -0.3 is 36.4 Å². The van der Waals surface area contributed by atoms with Crippen LogP contribution in [0.15, 0.2) is 22.3 Å². The summed E-state index contributed by atoms with van der Waals surface area (Å²) >= 11 is 2.39. The van der Waals surface area contributed by atoms with E-state index in [-0.39, 0.29) is 22.2 Å². The monoisotopic (exact) mass is 625 g/mol. The molecule has 0 unspecified atom stereocenters. The highest BCUT2D eigenvalue weighted by Crippen LogP contribution is 2.38. The van der Waals surface area contributed by atoms with Gasteiger partial charge in [-0.2, -0.15) is 0 Å². The van der Waals surface area contributed by atoms with Crippen LogP contribution in [0.25, 0.3) is 0 Å². The lowest BCUT2D eigenvalue weighted by molar-refractivity contribution is -0.173. The van der Waals surface area contributed by atoms with Crippen LogP contribution in [0.3, 0.4) is 0 Å². The fraction of sp³-hybridized carbons (Fsp3) is 0.560. The first-order valence-corrected chi connectivity index (χ1v) is 15.0. The SMILES string of the molecule is CO/N=C(\C(=O)N[C@@H]1C(=O)N2C(C(=O)OCOC(=O)C(C)(C)C)=CCS[C@H]12)c1csc(NC(=O)[C@@H](N)CCCCN)n1. The zero-order valence-corrected chi connectivity index (χ0v) is 25.3. The summed E-state index contributed by atoms with van der Waals surface area (Å²) in [5, 5.41) is 10.1. The smallest absolute Gasteiger partial charge is 0.357 e. The van der Waals surface area contributed by atoms with Crippen LogP contribution in [0.1, 0.15) is 45.7 Å². The lowest BCUT2D eigenvalue weighted by Crippen LogP contribution is -2.70. The standard InChI is InChI=1S/C25H35N7O8S2/c1-25(2,3)23(37)40-12-39-22(36)15-8-10-41-21-17(20(35)32(15)21)29-19(34)16(31-38-4)14-11-42-24(28-14)30-18(33)13(27)7-5-6-9-26/h8,11,13,17,21H,5-7,9-10,12,26-27H2,1-4H3,(H,29,34)(H,28,30,33)/b31-16-/t13-,17+,21+/m0/s1. The Balaban J connectivity index is 1.59. The Bertz CT molecular complexity index is 1260. The molecular weight excluding hydrogens is 590 g/mol. The van der Waals surface area contributed by atoms with Crippen LogP contribution in [-0.2, 0) is 38.3 Å². The number of carbonyl (C=O) groups excluding carboxylic acids is 5. The molecule has 0 radical (unpaired) electrons. The Hall–Kier alpha value is -3.54. The number of anilines is 1. The number of amides is 3. The van der Waals surface area contributed by atoms with Gasteiger partial charge in [-0.3, -0.25) is 24.1 Å². The first-order chi connectivity index (χ1) is 19.9. The maximum atomic E-state index is 13.1. The number of nitrogens with zero attached hydrogens (tertiary/aromatic N) is 3. The number of rotatable bonds is 13. The number of hydrogen-bond acceptors (Lipinski definition) is 14. The third-order valence-electron chi connectivity index (χ3n) is 6.02. The molecule has 42 heavy (non-hydrogen) atoms. The summed E-state index contributed by atoms with van der Waals surface area (Å²) in [6, 6.07) is -1.71. The summed E-state index contributed by atoms with van der Waals surface area (Å²) < 4.78 is 9.99. The van der Waals surface area contributed by atoms with Crippen LogP contribution in [0, 0.1) is 5.41 Å². The normalized spacial score (nSPS) is 19.1. The van der Waals surface area contributed by atoms with E-state index >= 15 is 0 Å². The van der Waals surface area contributed by atoms with E-state index in [1.54, 1.807) is 20.8 Å². The van der Waals surface area contributed by atoms with E-state index in [1.165, 1.54) is 35.2 Å². The molecule has 3 rings (SSSR count). The van der Waals surface area contributed by atoms with Gasteiger partial charge in [0, 0.05) is 11.1 Å². The second kappa shape index (κ2) is 14.6. The largest absolute Gasteiger partial charge is 0.427 e. The van der Waals surface area contributed by atoms with Crippen molar-refractivity contribution in [2.24, 2.45) is 22.0 Å². The van der Waals surface area contributed by atoms with Crippen molar-refractivity contribution in [2.45, 2.75) is 57.5 Å². The zero-order chi connectivity index (χ0) is 31.0. The summed E-state index contributed by atoms with van der Waals surface area (Å²) in [6.45, 7) is 4.89. The topological polar surface area (TPSA) is 218 Å². The number of carbonyl (C=O) groups is 5. The molecule has 0 aliphatic carbocycles. The number of unbranched alkanes of at least 4 members (excludes halogenated alkanes) is 1. The molecule has 2 aliphatic rings. The molecule has 1 fully saturated rings. The molecule has 3 atom stereocenters. The molecule has 1 aromatic rings. The molecule has 17 heteroatoms. The van der Waals surface area contributed by atoms with Gasteiger partial charge in [0.2, 0.25) is 12.7 Å². The molecule has 3 heterocycles. The number of β-lactam (4-membered cyclic amide) rings is 1. The number of ether oxygens (including phenoxy) is 2. The van der Waals surface area contributed by atoms with Crippen molar-refractivity contribution >= 4 is 63.6 Å². The van der Waals surface area contributed by atoms with Crippen LogP contribution < -0.4 is 22.1 Å². The molecule has 230 valence electrons. The summed E-state index contributed by atoms with van der Waals surface area (Å²) in [5.41, 5.74) is 10.5. The number of hydrogen-bond donors (Lipinski definition) is 4. The van der Waals surface area contributed by atoms with E-state index in [2.05, 4.69) is 20.8 Å². The van der Waals surface area contributed by atoms with E-state index < -0.39 is 59.3 Å². The van der Waals surface area contributed by atoms with Crippen molar-refractivity contribution in [2.75, 3.05) is 31.5 Å². The second-order valence-electron chi connectivity index (χ2n) is 10.2. The predicted octanol–water partition coefficient (Wildman–Crippen LogP) is 0.262. The Morgan fingerprint density at radius 2 is 1.98 bits per heavy atom. The van der Waals surface area contributed by atoms with Gasteiger partial charge >= 0.3 is 11.9 Å². The van der Waals surface area contributed by atoms with Gasteiger partial charge in [-0.25, -0.2) is 9.78 Å². The van der Waals surface area contributed by atoms with Gasteiger partial charge in [0.1, 0.15) is 29.9 Å². The minimum absolute atomic E-state index is 0.00652. The third-order valence-corrected chi connectivity index (χ3v) is 7.96. The molecule has 2 aliphatic heterocycles. The molecule has 0 saturated carbocycles. The number of fused-ring (bicyclic) bond motifs is 1. The summed E-state index contributed by atoms with van der Waals surface area (Å²) in [6.07, 6.45) is 3.45.